The van der Waals surface area contributed by atoms with Gasteiger partial charge in [0.2, 0.25) is 0 Å². The zero-order valence-corrected chi connectivity index (χ0v) is 13.2. The Morgan fingerprint density at radius 2 is 1.35 bits per heavy atom. The third-order valence-corrected chi connectivity index (χ3v) is 4.35. The van der Waals surface area contributed by atoms with Crippen LogP contribution in [0.1, 0.15) is 23.1 Å². The van der Waals surface area contributed by atoms with Crippen LogP contribution in [0.3, 0.4) is 0 Å². The molecule has 2 atom stereocenters. The van der Waals surface area contributed by atoms with Gasteiger partial charge in [0.15, 0.2) is 0 Å². The third-order valence-electron chi connectivity index (χ3n) is 4.35. The highest BCUT2D eigenvalue weighted by Crippen LogP contribution is 2.19. The van der Waals surface area contributed by atoms with Gasteiger partial charge in [0.1, 0.15) is 18.5 Å². The first-order chi connectivity index (χ1) is 11.3. The van der Waals surface area contributed by atoms with Crippen LogP contribution in [0, 0.1) is 0 Å². The van der Waals surface area contributed by atoms with Gasteiger partial charge < -0.3 is 14.2 Å². The summed E-state index contributed by atoms with van der Waals surface area (Å²) < 4.78 is 16.1. The Balaban J connectivity index is 1.29. The number of benzene rings is 2. The molecule has 23 heavy (non-hydrogen) atoms. The van der Waals surface area contributed by atoms with Crippen molar-refractivity contribution >= 4 is 0 Å². The van der Waals surface area contributed by atoms with Gasteiger partial charge >= 0.3 is 0 Å². The summed E-state index contributed by atoms with van der Waals surface area (Å²) in [6.07, 6.45) is 4.04. The van der Waals surface area contributed by atoms with Crippen molar-refractivity contribution in [2.45, 2.75) is 31.5 Å². The summed E-state index contributed by atoms with van der Waals surface area (Å²) in [5, 5.41) is 0. The van der Waals surface area contributed by atoms with Gasteiger partial charge in [-0.25, -0.2) is 0 Å². The molecular formula is C20H22O3. The van der Waals surface area contributed by atoms with Gasteiger partial charge in [-0.3, -0.25) is 0 Å². The Labute approximate surface area is 137 Å². The summed E-state index contributed by atoms with van der Waals surface area (Å²) in [6, 6.07) is 17.3. The standard InChI is InChI=1S/C20H22O3/c1-3-16(4-2-15(1)5-10-19-12-22-19)11-17-6-8-18(9-7-17)21-13-20-14-23-20/h1-4,6-9,19-20H,5,10-14H2. The monoisotopic (exact) mass is 310 g/mol. The molecule has 3 heteroatoms. The zero-order valence-electron chi connectivity index (χ0n) is 13.2. The van der Waals surface area contributed by atoms with Gasteiger partial charge in [-0.2, -0.15) is 0 Å². The summed E-state index contributed by atoms with van der Waals surface area (Å²) in [6.45, 7) is 2.44. The Bertz CT molecular complexity index is 567. The molecule has 0 aliphatic carbocycles. The molecule has 0 spiro atoms. The number of hydrogen-bond donors (Lipinski definition) is 0. The molecule has 0 N–H and O–H groups in total. The highest BCUT2D eigenvalue weighted by atomic mass is 16.6. The third kappa shape index (κ3) is 4.57. The smallest absolute Gasteiger partial charge is 0.119 e. The van der Waals surface area contributed by atoms with E-state index in [1.54, 1.807) is 0 Å². The molecule has 2 saturated heterocycles. The molecule has 0 bridgehead atoms. The van der Waals surface area contributed by atoms with Crippen LogP contribution >= 0.6 is 0 Å². The van der Waals surface area contributed by atoms with Crippen LogP contribution in [0.25, 0.3) is 0 Å². The predicted molar refractivity (Wildman–Crippen MR) is 89.0 cm³/mol. The van der Waals surface area contributed by atoms with Gasteiger partial charge in [0.05, 0.1) is 19.3 Å². The molecule has 0 saturated carbocycles. The van der Waals surface area contributed by atoms with Crippen molar-refractivity contribution in [3.63, 3.8) is 0 Å². The fourth-order valence-electron chi connectivity index (χ4n) is 2.68. The van der Waals surface area contributed by atoms with E-state index < -0.39 is 0 Å². The molecule has 0 radical (unpaired) electrons. The molecule has 2 fully saturated rings. The first-order valence-corrected chi connectivity index (χ1v) is 8.38. The minimum absolute atomic E-state index is 0.305. The van der Waals surface area contributed by atoms with E-state index >= 15 is 0 Å². The van der Waals surface area contributed by atoms with E-state index in [9.17, 15) is 0 Å². The van der Waals surface area contributed by atoms with Crippen molar-refractivity contribution in [2.24, 2.45) is 0 Å². The van der Waals surface area contributed by atoms with E-state index in [2.05, 4.69) is 36.4 Å². The molecule has 0 amide bonds. The molecule has 2 heterocycles. The molecule has 120 valence electrons. The lowest BCUT2D eigenvalue weighted by Crippen LogP contribution is -2.03. The van der Waals surface area contributed by atoms with Crippen molar-refractivity contribution in [3.05, 3.63) is 65.2 Å². The van der Waals surface area contributed by atoms with Gasteiger partial charge in [-0.1, -0.05) is 36.4 Å². The second kappa shape index (κ2) is 6.73. The normalized spacial score (nSPS) is 21.9. The molecule has 2 aliphatic rings. The van der Waals surface area contributed by atoms with Crippen molar-refractivity contribution < 1.29 is 14.2 Å². The van der Waals surface area contributed by atoms with Crippen LogP contribution in [-0.4, -0.2) is 32.0 Å². The van der Waals surface area contributed by atoms with Gasteiger partial charge in [-0.05, 0) is 48.1 Å². The Morgan fingerprint density at radius 1 is 0.783 bits per heavy atom. The van der Waals surface area contributed by atoms with Crippen molar-refractivity contribution in [2.75, 3.05) is 19.8 Å². The van der Waals surface area contributed by atoms with Gasteiger partial charge in [-0.15, -0.1) is 0 Å². The minimum Gasteiger partial charge on any atom is -0.491 e. The fraction of sp³-hybridized carbons (Fsp3) is 0.400. The average molecular weight is 310 g/mol. The van der Waals surface area contributed by atoms with Crippen molar-refractivity contribution in [3.8, 4) is 5.75 Å². The molecule has 4 rings (SSSR count). The van der Waals surface area contributed by atoms with Crippen LogP contribution in [0.15, 0.2) is 48.5 Å². The quantitative estimate of drug-likeness (QED) is 0.701. The van der Waals surface area contributed by atoms with Gasteiger partial charge in [0.25, 0.3) is 0 Å². The maximum absolute atomic E-state index is 5.67. The molecule has 2 unspecified atom stereocenters. The van der Waals surface area contributed by atoms with Crippen LogP contribution < -0.4 is 4.74 Å². The maximum Gasteiger partial charge on any atom is 0.119 e. The summed E-state index contributed by atoms with van der Waals surface area (Å²) >= 11 is 0. The lowest BCUT2D eigenvalue weighted by atomic mass is 10.0. The van der Waals surface area contributed by atoms with Crippen molar-refractivity contribution in [1.82, 2.24) is 0 Å². The summed E-state index contributed by atoms with van der Waals surface area (Å²) in [5.41, 5.74) is 4.05. The highest BCUT2D eigenvalue weighted by molar-refractivity contribution is 5.32. The molecule has 2 aliphatic heterocycles. The van der Waals surface area contributed by atoms with E-state index in [4.69, 9.17) is 14.2 Å². The van der Waals surface area contributed by atoms with Crippen LogP contribution in [-0.2, 0) is 22.3 Å². The van der Waals surface area contributed by atoms with Crippen LogP contribution in [0.5, 0.6) is 5.75 Å². The number of hydrogen-bond acceptors (Lipinski definition) is 3. The molecular weight excluding hydrogens is 288 g/mol. The van der Waals surface area contributed by atoms with Crippen LogP contribution in [0.4, 0.5) is 0 Å². The highest BCUT2D eigenvalue weighted by Gasteiger charge is 2.23. The summed E-state index contributed by atoms with van der Waals surface area (Å²) in [7, 11) is 0. The topological polar surface area (TPSA) is 34.3 Å². The molecule has 0 aromatic heterocycles. The largest absolute Gasteiger partial charge is 0.491 e. The average Bonchev–Trinajstić information content (AvgIpc) is 3.48. The Morgan fingerprint density at radius 3 is 1.96 bits per heavy atom. The lowest BCUT2D eigenvalue weighted by molar-refractivity contribution is 0.263. The van der Waals surface area contributed by atoms with Crippen LogP contribution in [0.2, 0.25) is 0 Å². The summed E-state index contributed by atoms with van der Waals surface area (Å²) in [4.78, 5) is 0. The Kier molecular flexibility index (Phi) is 4.31. The van der Waals surface area contributed by atoms with E-state index in [-0.39, 0.29) is 0 Å². The SMILES string of the molecule is c1cc(Cc2ccc(OCC3CO3)cc2)ccc1CCC1CO1. The Hall–Kier alpha value is -1.84. The minimum atomic E-state index is 0.305. The first-order valence-electron chi connectivity index (χ1n) is 8.38. The predicted octanol–water partition coefficient (Wildman–Crippen LogP) is 3.39. The van der Waals surface area contributed by atoms with Gasteiger partial charge in [0, 0.05) is 0 Å². The summed E-state index contributed by atoms with van der Waals surface area (Å²) in [5.74, 6) is 0.918. The molecule has 2 aromatic carbocycles. The molecule has 3 nitrogen and oxygen atoms in total. The van der Waals surface area contributed by atoms with E-state index in [1.165, 1.54) is 16.7 Å². The number of rotatable bonds is 8. The molecule has 2 aromatic rings. The lowest BCUT2D eigenvalue weighted by Gasteiger charge is -2.07. The number of ether oxygens (including phenoxy) is 3. The van der Waals surface area contributed by atoms with Crippen molar-refractivity contribution in [1.29, 1.82) is 0 Å². The number of epoxide rings is 2. The number of aryl methyl sites for hydroxylation is 1. The first kappa shape index (κ1) is 14.7. The van der Waals surface area contributed by atoms with E-state index in [0.717, 1.165) is 38.2 Å². The fourth-order valence-corrected chi connectivity index (χ4v) is 2.68. The van der Waals surface area contributed by atoms with E-state index in [0.29, 0.717) is 18.8 Å². The second-order valence-corrected chi connectivity index (χ2v) is 6.40. The van der Waals surface area contributed by atoms with E-state index in [1.807, 2.05) is 12.1 Å². The zero-order chi connectivity index (χ0) is 15.5. The maximum atomic E-state index is 5.67. The second-order valence-electron chi connectivity index (χ2n) is 6.40.